The number of carbonyl (C=O) groups excluding carboxylic acids is 2. The largest absolute Gasteiger partial charge is 0.381 e. The lowest BCUT2D eigenvalue weighted by molar-refractivity contribution is -0.145. The van der Waals surface area contributed by atoms with E-state index >= 15 is 0 Å². The number of rotatable bonds is 4. The molecule has 0 aliphatic carbocycles. The van der Waals surface area contributed by atoms with Crippen molar-refractivity contribution < 1.29 is 18.7 Å². The Morgan fingerprint density at radius 1 is 1.03 bits per heavy atom. The highest BCUT2D eigenvalue weighted by Crippen LogP contribution is 2.41. The molecule has 1 aromatic heterocycles. The highest BCUT2D eigenvalue weighted by atomic mass is 19.1. The SMILES string of the molecule is NC(=O)[C@@]1(c2ccccn2)CCCN(C(=O)C2(c3ccccc3F)CCOCC2)C1. The van der Waals surface area contributed by atoms with E-state index in [0.29, 0.717) is 56.7 Å². The summed E-state index contributed by atoms with van der Waals surface area (Å²) >= 11 is 0. The van der Waals surface area contributed by atoms with Crippen LogP contribution in [0.15, 0.2) is 48.7 Å². The average Bonchev–Trinajstić information content (AvgIpc) is 2.80. The van der Waals surface area contributed by atoms with E-state index in [1.807, 2.05) is 6.07 Å². The minimum absolute atomic E-state index is 0.148. The van der Waals surface area contributed by atoms with Crippen LogP contribution in [-0.2, 0) is 25.2 Å². The van der Waals surface area contributed by atoms with E-state index in [0.717, 1.165) is 0 Å². The van der Waals surface area contributed by atoms with Crippen LogP contribution >= 0.6 is 0 Å². The monoisotopic (exact) mass is 411 g/mol. The number of pyridine rings is 1. The van der Waals surface area contributed by atoms with Crippen molar-refractivity contribution in [3.8, 4) is 0 Å². The number of aromatic nitrogens is 1. The number of hydrogen-bond donors (Lipinski definition) is 1. The first-order valence-electron chi connectivity index (χ1n) is 10.3. The summed E-state index contributed by atoms with van der Waals surface area (Å²) in [5.74, 6) is -1.06. The van der Waals surface area contributed by atoms with E-state index in [1.54, 1.807) is 41.4 Å². The van der Waals surface area contributed by atoms with Crippen molar-refractivity contribution in [2.45, 2.75) is 36.5 Å². The summed E-state index contributed by atoms with van der Waals surface area (Å²) in [6, 6.07) is 11.8. The molecule has 7 heteroatoms. The predicted molar refractivity (Wildman–Crippen MR) is 109 cm³/mol. The summed E-state index contributed by atoms with van der Waals surface area (Å²) in [5, 5.41) is 0. The Morgan fingerprint density at radius 2 is 1.77 bits per heavy atom. The zero-order chi connectivity index (χ0) is 21.2. The molecule has 4 rings (SSSR count). The number of likely N-dealkylation sites (tertiary alicyclic amines) is 1. The van der Waals surface area contributed by atoms with Crippen LogP contribution in [0.5, 0.6) is 0 Å². The molecule has 6 nitrogen and oxygen atoms in total. The molecule has 3 heterocycles. The number of nitrogens with two attached hydrogens (primary N) is 1. The van der Waals surface area contributed by atoms with E-state index < -0.39 is 22.6 Å². The summed E-state index contributed by atoms with van der Waals surface area (Å²) in [6.45, 7) is 1.41. The van der Waals surface area contributed by atoms with Crippen molar-refractivity contribution in [3.05, 3.63) is 65.7 Å². The van der Waals surface area contributed by atoms with Crippen molar-refractivity contribution in [2.75, 3.05) is 26.3 Å². The fraction of sp³-hybridized carbons (Fsp3) is 0.435. The summed E-state index contributed by atoms with van der Waals surface area (Å²) in [7, 11) is 0. The third-order valence-corrected chi connectivity index (χ3v) is 6.55. The van der Waals surface area contributed by atoms with E-state index in [4.69, 9.17) is 10.5 Å². The van der Waals surface area contributed by atoms with Gasteiger partial charge in [0.25, 0.3) is 0 Å². The van der Waals surface area contributed by atoms with Gasteiger partial charge in [-0.1, -0.05) is 24.3 Å². The smallest absolute Gasteiger partial charge is 0.233 e. The van der Waals surface area contributed by atoms with E-state index in [-0.39, 0.29) is 12.5 Å². The number of carbonyl (C=O) groups is 2. The standard InChI is InChI=1S/C23H26FN3O3/c24-18-7-2-1-6-17(18)22(10-14-30-15-11-22)21(29)27-13-5-9-23(16-27,20(25)28)19-8-3-4-12-26-19/h1-4,6-8,12H,5,9-11,13-16H2,(H2,25,28)/t23-/m0/s1. The zero-order valence-corrected chi connectivity index (χ0v) is 16.9. The number of primary amides is 1. The van der Waals surface area contributed by atoms with Gasteiger partial charge in [0, 0.05) is 38.1 Å². The molecule has 2 fully saturated rings. The van der Waals surface area contributed by atoms with Gasteiger partial charge in [-0.15, -0.1) is 0 Å². The van der Waals surface area contributed by atoms with Crippen molar-refractivity contribution in [2.24, 2.45) is 5.73 Å². The molecule has 0 saturated carbocycles. The first kappa shape index (κ1) is 20.5. The number of benzene rings is 1. The molecule has 0 bridgehead atoms. The lowest BCUT2D eigenvalue weighted by atomic mass is 9.70. The number of hydrogen-bond acceptors (Lipinski definition) is 4. The van der Waals surface area contributed by atoms with Crippen molar-refractivity contribution in [1.29, 1.82) is 0 Å². The van der Waals surface area contributed by atoms with E-state index in [2.05, 4.69) is 4.98 Å². The molecule has 158 valence electrons. The summed E-state index contributed by atoms with van der Waals surface area (Å²) in [4.78, 5) is 32.5. The molecule has 2 N–H and O–H groups in total. The molecule has 1 atom stereocenters. The van der Waals surface area contributed by atoms with Gasteiger partial charge in [-0.25, -0.2) is 4.39 Å². The molecule has 2 aliphatic rings. The first-order valence-corrected chi connectivity index (χ1v) is 10.3. The lowest BCUT2D eigenvalue weighted by Gasteiger charge is -2.45. The zero-order valence-electron chi connectivity index (χ0n) is 16.9. The van der Waals surface area contributed by atoms with Crippen molar-refractivity contribution in [1.82, 2.24) is 9.88 Å². The third-order valence-electron chi connectivity index (χ3n) is 6.55. The summed E-state index contributed by atoms with van der Waals surface area (Å²) in [5.41, 5.74) is 4.76. The van der Waals surface area contributed by atoms with E-state index in [9.17, 15) is 14.0 Å². The molecule has 2 aliphatic heterocycles. The lowest BCUT2D eigenvalue weighted by Crippen LogP contribution is -2.59. The van der Waals surface area contributed by atoms with E-state index in [1.165, 1.54) is 6.07 Å². The van der Waals surface area contributed by atoms with Gasteiger partial charge in [-0.3, -0.25) is 14.6 Å². The molecule has 0 radical (unpaired) electrons. The Kier molecular flexibility index (Phi) is 5.56. The Hall–Kier alpha value is -2.80. The Labute approximate surface area is 175 Å². The van der Waals surface area contributed by atoms with Crippen LogP contribution in [0.3, 0.4) is 0 Å². The predicted octanol–water partition coefficient (Wildman–Crippen LogP) is 2.31. The molecule has 1 aromatic carbocycles. The fourth-order valence-electron chi connectivity index (χ4n) is 4.88. The normalized spacial score (nSPS) is 23.7. The van der Waals surface area contributed by atoms with Gasteiger partial charge in [-0.2, -0.15) is 0 Å². The summed E-state index contributed by atoms with van der Waals surface area (Å²) in [6.07, 6.45) is 3.57. The molecule has 2 amide bonds. The molecule has 2 saturated heterocycles. The Bertz CT molecular complexity index is 930. The van der Waals surface area contributed by atoms with Crippen LogP contribution in [0.25, 0.3) is 0 Å². The van der Waals surface area contributed by atoms with Gasteiger partial charge < -0.3 is 15.4 Å². The van der Waals surface area contributed by atoms with Gasteiger partial charge in [0.15, 0.2) is 0 Å². The van der Waals surface area contributed by atoms with Crippen molar-refractivity contribution >= 4 is 11.8 Å². The highest BCUT2D eigenvalue weighted by molar-refractivity contribution is 5.91. The summed E-state index contributed by atoms with van der Waals surface area (Å²) < 4.78 is 20.3. The van der Waals surface area contributed by atoms with Crippen LogP contribution in [0.1, 0.15) is 36.9 Å². The van der Waals surface area contributed by atoms with Crippen LogP contribution in [0, 0.1) is 5.82 Å². The Morgan fingerprint density at radius 3 is 2.43 bits per heavy atom. The topological polar surface area (TPSA) is 85.5 Å². The van der Waals surface area contributed by atoms with Crippen LogP contribution in [-0.4, -0.2) is 48.0 Å². The maximum atomic E-state index is 14.8. The van der Waals surface area contributed by atoms with Crippen LogP contribution < -0.4 is 5.73 Å². The first-order chi connectivity index (χ1) is 14.5. The molecular weight excluding hydrogens is 385 g/mol. The third kappa shape index (κ3) is 3.37. The molecule has 0 spiro atoms. The number of ether oxygens (including phenoxy) is 1. The molecule has 0 unspecified atom stereocenters. The highest BCUT2D eigenvalue weighted by Gasteiger charge is 2.50. The second kappa shape index (κ2) is 8.14. The van der Waals surface area contributed by atoms with Crippen LogP contribution in [0.4, 0.5) is 4.39 Å². The van der Waals surface area contributed by atoms with Crippen molar-refractivity contribution in [3.63, 3.8) is 0 Å². The minimum atomic E-state index is -1.04. The number of amides is 2. The second-order valence-corrected chi connectivity index (χ2v) is 8.17. The van der Waals surface area contributed by atoms with Gasteiger partial charge in [0.2, 0.25) is 11.8 Å². The average molecular weight is 411 g/mol. The van der Waals surface area contributed by atoms with Gasteiger partial charge in [0.1, 0.15) is 11.2 Å². The maximum Gasteiger partial charge on any atom is 0.233 e. The second-order valence-electron chi connectivity index (χ2n) is 8.17. The Balaban J connectivity index is 1.72. The maximum absolute atomic E-state index is 14.8. The number of halogens is 1. The molecule has 30 heavy (non-hydrogen) atoms. The molecular formula is C23H26FN3O3. The minimum Gasteiger partial charge on any atom is -0.381 e. The van der Waals surface area contributed by atoms with Gasteiger partial charge in [-0.05, 0) is 43.9 Å². The van der Waals surface area contributed by atoms with Gasteiger partial charge >= 0.3 is 0 Å². The van der Waals surface area contributed by atoms with Gasteiger partial charge in [0.05, 0.1) is 11.1 Å². The fourth-order valence-corrected chi connectivity index (χ4v) is 4.88. The molecule has 2 aromatic rings. The number of nitrogens with zero attached hydrogens (tertiary/aromatic N) is 2. The number of piperidine rings is 1. The quantitative estimate of drug-likeness (QED) is 0.837. The van der Waals surface area contributed by atoms with Crippen LogP contribution in [0.2, 0.25) is 0 Å².